The SMILES string of the molecule is Cc1c(CC(=O)NCC(=O)O)c2cc(O)c(F)cc2n1C(=O)c1ccc(Cl)cc1. The Morgan fingerprint density at radius 1 is 1.17 bits per heavy atom. The van der Waals surface area contributed by atoms with Gasteiger partial charge in [-0.05, 0) is 42.8 Å². The molecule has 9 heteroatoms. The molecule has 3 aromatic rings. The Hall–Kier alpha value is -3.39. The second-order valence-corrected chi connectivity index (χ2v) is 6.82. The largest absolute Gasteiger partial charge is 0.505 e. The maximum absolute atomic E-state index is 14.0. The maximum atomic E-state index is 14.0. The van der Waals surface area contributed by atoms with E-state index in [1.807, 2.05) is 0 Å². The molecular formula is C20H16ClFN2O5. The molecule has 0 spiro atoms. The average Bonchev–Trinajstić information content (AvgIpc) is 2.91. The summed E-state index contributed by atoms with van der Waals surface area (Å²) in [5.74, 6) is -3.79. The minimum Gasteiger partial charge on any atom is -0.505 e. The van der Waals surface area contributed by atoms with E-state index in [-0.39, 0.29) is 11.9 Å². The van der Waals surface area contributed by atoms with E-state index >= 15 is 0 Å². The highest BCUT2D eigenvalue weighted by Gasteiger charge is 2.23. The Morgan fingerprint density at radius 2 is 1.83 bits per heavy atom. The second-order valence-electron chi connectivity index (χ2n) is 6.38. The first kappa shape index (κ1) is 20.3. The van der Waals surface area contributed by atoms with Crippen LogP contribution in [0, 0.1) is 12.7 Å². The summed E-state index contributed by atoms with van der Waals surface area (Å²) in [6, 6.07) is 8.29. The minimum atomic E-state index is -1.20. The third-order valence-electron chi connectivity index (χ3n) is 4.47. The summed E-state index contributed by atoms with van der Waals surface area (Å²) in [7, 11) is 0. The van der Waals surface area contributed by atoms with Gasteiger partial charge in [0.05, 0.1) is 11.9 Å². The quantitative estimate of drug-likeness (QED) is 0.590. The molecule has 0 bridgehead atoms. The van der Waals surface area contributed by atoms with Gasteiger partial charge in [-0.15, -0.1) is 0 Å². The fourth-order valence-electron chi connectivity index (χ4n) is 3.09. The molecular weight excluding hydrogens is 403 g/mol. The molecule has 0 saturated heterocycles. The number of carboxylic acids is 1. The number of nitrogens with one attached hydrogen (secondary N) is 1. The number of benzene rings is 2. The molecule has 0 aliphatic rings. The molecule has 7 nitrogen and oxygen atoms in total. The van der Waals surface area contributed by atoms with E-state index in [4.69, 9.17) is 16.7 Å². The van der Waals surface area contributed by atoms with Crippen LogP contribution in [-0.4, -0.2) is 39.1 Å². The van der Waals surface area contributed by atoms with Crippen LogP contribution < -0.4 is 5.32 Å². The number of halogens is 2. The van der Waals surface area contributed by atoms with E-state index in [1.165, 1.54) is 16.7 Å². The highest BCUT2D eigenvalue weighted by atomic mass is 35.5. The van der Waals surface area contributed by atoms with Crippen LogP contribution in [0.3, 0.4) is 0 Å². The first-order valence-corrected chi connectivity index (χ1v) is 8.88. The van der Waals surface area contributed by atoms with Crippen molar-refractivity contribution in [1.29, 1.82) is 0 Å². The molecule has 0 unspecified atom stereocenters. The molecule has 0 aliphatic heterocycles. The number of amides is 1. The summed E-state index contributed by atoms with van der Waals surface area (Å²) in [6.07, 6.45) is -0.248. The molecule has 2 aromatic carbocycles. The third kappa shape index (κ3) is 4.07. The zero-order valence-corrected chi connectivity index (χ0v) is 16.0. The predicted octanol–water partition coefficient (Wildman–Crippen LogP) is 2.88. The second kappa shape index (κ2) is 7.92. The normalized spacial score (nSPS) is 10.9. The third-order valence-corrected chi connectivity index (χ3v) is 4.72. The number of aliphatic carboxylic acids is 1. The fraction of sp³-hybridized carbons (Fsp3) is 0.150. The van der Waals surface area contributed by atoms with Crippen molar-refractivity contribution < 1.29 is 29.0 Å². The summed E-state index contributed by atoms with van der Waals surface area (Å²) in [5, 5.41) is 21.5. The molecule has 0 fully saturated rings. The van der Waals surface area contributed by atoms with Gasteiger partial charge in [0.1, 0.15) is 6.54 Å². The van der Waals surface area contributed by atoms with Gasteiger partial charge in [-0.1, -0.05) is 11.6 Å². The average molecular weight is 419 g/mol. The van der Waals surface area contributed by atoms with Gasteiger partial charge in [-0.25, -0.2) is 4.39 Å². The first-order valence-electron chi connectivity index (χ1n) is 8.50. The predicted molar refractivity (Wildman–Crippen MR) is 104 cm³/mol. The Labute approximate surface area is 169 Å². The van der Waals surface area contributed by atoms with Crippen molar-refractivity contribution >= 4 is 40.3 Å². The van der Waals surface area contributed by atoms with Crippen LogP contribution in [0.15, 0.2) is 36.4 Å². The fourth-order valence-corrected chi connectivity index (χ4v) is 3.22. The molecule has 0 aliphatic carbocycles. The number of hydrogen-bond acceptors (Lipinski definition) is 4. The van der Waals surface area contributed by atoms with E-state index in [2.05, 4.69) is 5.32 Å². The zero-order valence-electron chi connectivity index (χ0n) is 15.2. The lowest BCUT2D eigenvalue weighted by Gasteiger charge is -2.08. The van der Waals surface area contributed by atoms with Crippen LogP contribution in [0.5, 0.6) is 5.75 Å². The maximum Gasteiger partial charge on any atom is 0.322 e. The van der Waals surface area contributed by atoms with Gasteiger partial charge < -0.3 is 15.5 Å². The van der Waals surface area contributed by atoms with Gasteiger partial charge in [0.25, 0.3) is 5.91 Å². The number of fused-ring (bicyclic) bond motifs is 1. The molecule has 0 atom stereocenters. The number of nitrogens with zero attached hydrogens (tertiary/aromatic N) is 1. The van der Waals surface area contributed by atoms with Crippen molar-refractivity contribution in [2.45, 2.75) is 13.3 Å². The van der Waals surface area contributed by atoms with Crippen molar-refractivity contribution in [2.75, 3.05) is 6.54 Å². The molecule has 0 saturated carbocycles. The molecule has 3 rings (SSSR count). The van der Waals surface area contributed by atoms with Gasteiger partial charge >= 0.3 is 5.97 Å². The summed E-state index contributed by atoms with van der Waals surface area (Å²) in [6.45, 7) is 1.03. The smallest absolute Gasteiger partial charge is 0.322 e. The number of hydrogen-bond donors (Lipinski definition) is 3. The van der Waals surface area contributed by atoms with E-state index in [9.17, 15) is 23.9 Å². The van der Waals surface area contributed by atoms with Crippen molar-refractivity contribution in [2.24, 2.45) is 0 Å². The van der Waals surface area contributed by atoms with E-state index in [1.54, 1.807) is 19.1 Å². The lowest BCUT2D eigenvalue weighted by Crippen LogP contribution is -2.30. The van der Waals surface area contributed by atoms with Gasteiger partial charge in [0, 0.05) is 27.7 Å². The van der Waals surface area contributed by atoms with Gasteiger partial charge in [-0.2, -0.15) is 0 Å². The summed E-state index contributed by atoms with van der Waals surface area (Å²) >= 11 is 5.86. The highest BCUT2D eigenvalue weighted by molar-refractivity contribution is 6.30. The minimum absolute atomic E-state index is 0.179. The Morgan fingerprint density at radius 3 is 2.45 bits per heavy atom. The summed E-state index contributed by atoms with van der Waals surface area (Å²) in [4.78, 5) is 35.8. The molecule has 0 radical (unpaired) electrons. The van der Waals surface area contributed by atoms with Crippen LogP contribution in [0.25, 0.3) is 10.9 Å². The molecule has 29 heavy (non-hydrogen) atoms. The van der Waals surface area contributed by atoms with Crippen molar-refractivity contribution in [3.05, 3.63) is 64.1 Å². The molecule has 150 valence electrons. The standard InChI is InChI=1S/C20H16ClFN2O5/c1-10-13(7-18(26)23-9-19(27)28)14-6-17(25)15(22)8-16(14)24(10)20(29)11-2-4-12(21)5-3-11/h2-6,8,25H,7,9H2,1H3,(H,23,26)(H,27,28). The van der Waals surface area contributed by atoms with E-state index < -0.39 is 35.9 Å². The molecule has 1 amide bonds. The monoisotopic (exact) mass is 418 g/mol. The van der Waals surface area contributed by atoms with Crippen LogP contribution in [0.4, 0.5) is 4.39 Å². The number of rotatable bonds is 5. The summed E-state index contributed by atoms with van der Waals surface area (Å²) in [5.41, 5.74) is 1.22. The summed E-state index contributed by atoms with van der Waals surface area (Å²) < 4.78 is 15.3. The van der Waals surface area contributed by atoms with Gasteiger partial charge in [0.2, 0.25) is 5.91 Å². The van der Waals surface area contributed by atoms with Crippen molar-refractivity contribution in [3.63, 3.8) is 0 Å². The number of aromatic nitrogens is 1. The van der Waals surface area contributed by atoms with Gasteiger partial charge in [-0.3, -0.25) is 19.0 Å². The first-order chi connectivity index (χ1) is 13.7. The topological polar surface area (TPSA) is 109 Å². The van der Waals surface area contributed by atoms with E-state index in [0.29, 0.717) is 27.2 Å². The number of carbonyl (C=O) groups excluding carboxylic acids is 2. The number of aromatic hydroxyl groups is 1. The lowest BCUT2D eigenvalue weighted by atomic mass is 10.1. The Balaban J connectivity index is 2.12. The van der Waals surface area contributed by atoms with Crippen molar-refractivity contribution in [3.8, 4) is 5.75 Å². The van der Waals surface area contributed by atoms with Crippen LogP contribution in [0.1, 0.15) is 21.6 Å². The lowest BCUT2D eigenvalue weighted by molar-refractivity contribution is -0.137. The highest BCUT2D eigenvalue weighted by Crippen LogP contribution is 2.32. The number of phenolic OH excluding ortho intramolecular Hbond substituents is 1. The number of carboxylic acid groups (broad SMARTS) is 1. The Kier molecular flexibility index (Phi) is 5.56. The van der Waals surface area contributed by atoms with Crippen LogP contribution in [-0.2, 0) is 16.0 Å². The molecule has 1 aromatic heterocycles. The van der Waals surface area contributed by atoms with E-state index in [0.717, 1.165) is 12.1 Å². The Bertz CT molecular complexity index is 1140. The van der Waals surface area contributed by atoms with Gasteiger partial charge in [0.15, 0.2) is 11.6 Å². The van der Waals surface area contributed by atoms with Crippen molar-refractivity contribution in [1.82, 2.24) is 9.88 Å². The number of phenols is 1. The molecule has 1 heterocycles. The number of carbonyl (C=O) groups is 3. The van der Waals surface area contributed by atoms with Crippen LogP contribution in [0.2, 0.25) is 5.02 Å². The zero-order chi connectivity index (χ0) is 21.3. The molecule has 3 N–H and O–H groups in total. The van der Waals surface area contributed by atoms with Crippen LogP contribution >= 0.6 is 11.6 Å².